The first-order valence-electron chi connectivity index (χ1n) is 22.7. The summed E-state index contributed by atoms with van der Waals surface area (Å²) in [7, 11) is 1.01. The van der Waals surface area contributed by atoms with Gasteiger partial charge in [-0.1, -0.05) is 194 Å². The van der Waals surface area contributed by atoms with Gasteiger partial charge in [0.15, 0.2) is 0 Å². The number of carbonyl (C=O) groups excluding carboxylic acids is 2. The van der Waals surface area contributed by atoms with Crippen molar-refractivity contribution in [3.8, 4) is 0 Å². The molecule has 0 spiro atoms. The first kappa shape index (κ1) is 53.0. The van der Waals surface area contributed by atoms with Crippen LogP contribution in [0, 0.1) is 0 Å². The van der Waals surface area contributed by atoms with Gasteiger partial charge in [-0.05, 0) is 12.8 Å². The van der Waals surface area contributed by atoms with Crippen molar-refractivity contribution < 1.29 is 42.4 Å². The Labute approximate surface area is 333 Å². The Morgan fingerprint density at radius 3 is 1.13 bits per heavy atom. The topological polar surface area (TPSA) is 119 Å². The molecule has 0 aromatic rings. The number of carbonyl (C=O) groups is 2. The lowest BCUT2D eigenvalue weighted by atomic mass is 10.0. The summed E-state index contributed by atoms with van der Waals surface area (Å²) in [6.07, 6.45) is 37.9. The van der Waals surface area contributed by atoms with Gasteiger partial charge in [0.25, 0.3) is 0 Å². The minimum absolute atomic E-state index is 0.0748. The maximum Gasteiger partial charge on any atom is 0.469 e. The lowest BCUT2D eigenvalue weighted by molar-refractivity contribution is -0.897. The molecule has 2 atom stereocenters. The number of hydrogen-bond acceptors (Lipinski definition) is 6. The number of phosphoric ester groups is 1. The molecule has 0 aliphatic rings. The van der Waals surface area contributed by atoms with E-state index in [4.69, 9.17) is 14.0 Å². The Morgan fingerprint density at radius 1 is 0.500 bits per heavy atom. The average molecular weight is 791 g/mol. The summed E-state index contributed by atoms with van der Waals surface area (Å²) >= 11 is 0. The predicted octanol–water partition coefficient (Wildman–Crippen LogP) is 12.5. The number of ether oxygens (including phenoxy) is 2. The summed E-state index contributed by atoms with van der Waals surface area (Å²) < 4.78 is 28.1. The molecule has 0 rings (SSSR count). The summed E-state index contributed by atoms with van der Waals surface area (Å²) in [5.74, 6) is -0.634. The van der Waals surface area contributed by atoms with Crippen LogP contribution in [0.5, 0.6) is 0 Å². The zero-order valence-corrected chi connectivity index (χ0v) is 37.0. The van der Waals surface area contributed by atoms with E-state index in [0.29, 0.717) is 17.3 Å². The first-order chi connectivity index (χ1) is 25.9. The van der Waals surface area contributed by atoms with Crippen LogP contribution in [0.15, 0.2) is 0 Å². The van der Waals surface area contributed by atoms with Gasteiger partial charge in [-0.2, -0.15) is 0 Å². The average Bonchev–Trinajstić information content (AvgIpc) is 3.11. The highest BCUT2D eigenvalue weighted by Gasteiger charge is 2.32. The smallest absolute Gasteiger partial charge is 0.462 e. The van der Waals surface area contributed by atoms with E-state index in [1.807, 2.05) is 21.1 Å². The van der Waals surface area contributed by atoms with Crippen molar-refractivity contribution in [3.05, 3.63) is 0 Å². The van der Waals surface area contributed by atoms with E-state index in [0.717, 1.165) is 38.5 Å². The van der Waals surface area contributed by atoms with Crippen LogP contribution in [0.3, 0.4) is 0 Å². The van der Waals surface area contributed by atoms with E-state index in [9.17, 15) is 23.9 Å². The number of unbranched alkanes of at least 4 members (excludes halogenated alkanes) is 28. The molecule has 2 N–H and O–H groups in total. The van der Waals surface area contributed by atoms with Gasteiger partial charge >= 0.3 is 19.8 Å². The van der Waals surface area contributed by atoms with E-state index in [1.165, 1.54) is 154 Å². The molecular weight excluding hydrogens is 701 g/mol. The highest BCUT2D eigenvalue weighted by Crippen LogP contribution is 2.36. The molecule has 0 saturated carbocycles. The molecule has 0 bridgehead atoms. The second-order valence-corrected chi connectivity index (χ2v) is 18.2. The van der Waals surface area contributed by atoms with Gasteiger partial charge in [-0.3, -0.25) is 14.1 Å². The van der Waals surface area contributed by atoms with Crippen LogP contribution in [0.2, 0.25) is 0 Å². The Hall–Kier alpha value is -0.990. The van der Waals surface area contributed by atoms with Crippen LogP contribution in [0.25, 0.3) is 0 Å². The Bertz CT molecular complexity index is 906. The monoisotopic (exact) mass is 791 g/mol. The van der Waals surface area contributed by atoms with E-state index in [2.05, 4.69) is 13.8 Å². The van der Waals surface area contributed by atoms with Crippen molar-refractivity contribution in [1.29, 1.82) is 0 Å². The van der Waals surface area contributed by atoms with Crippen molar-refractivity contribution >= 4 is 19.8 Å². The zero-order chi connectivity index (χ0) is 40.2. The van der Waals surface area contributed by atoms with Gasteiger partial charge in [0.2, 0.25) is 0 Å². The highest BCUT2D eigenvalue weighted by atomic mass is 31.2. The molecule has 10 heteroatoms. The molecular formula is C44H89NO8P+. The van der Waals surface area contributed by atoms with Gasteiger partial charge in [0, 0.05) is 19.3 Å². The molecule has 0 saturated heterocycles. The SMILES string of the molecule is CCCCCCCCCCCCCCCCCC(=O)OCC(CC(COP(=O)(O)O)[N+](C)(C)C)OC(=O)CCCCCCCCCCCCCCCCC. The van der Waals surface area contributed by atoms with Gasteiger partial charge in [0.05, 0.1) is 21.1 Å². The fourth-order valence-corrected chi connectivity index (χ4v) is 7.40. The van der Waals surface area contributed by atoms with Crippen LogP contribution in [0.1, 0.15) is 226 Å². The number of phosphoric acid groups is 1. The van der Waals surface area contributed by atoms with E-state index >= 15 is 0 Å². The Morgan fingerprint density at radius 2 is 0.815 bits per heavy atom. The molecule has 0 amide bonds. The predicted molar refractivity (Wildman–Crippen MR) is 224 cm³/mol. The molecule has 2 unspecified atom stereocenters. The fourth-order valence-electron chi connectivity index (χ4n) is 7.03. The van der Waals surface area contributed by atoms with Gasteiger partial charge in [-0.15, -0.1) is 0 Å². The standard InChI is InChI=1S/C44H88NO8P/c1-6-8-10-12-14-16-18-20-22-24-26-28-30-32-34-36-43(46)51-40-42(38-41(45(3,4)5)39-52-54(48,49)50)53-44(47)37-35-33-31-29-27-25-23-21-19-17-15-13-11-9-7-2/h41-42H,6-40H2,1-5H3,(H-,48,49,50)/p+1. The summed E-state index contributed by atoms with van der Waals surface area (Å²) in [5, 5.41) is 0. The molecule has 54 heavy (non-hydrogen) atoms. The molecule has 0 aromatic heterocycles. The van der Waals surface area contributed by atoms with Crippen molar-refractivity contribution in [3.63, 3.8) is 0 Å². The number of nitrogens with zero attached hydrogens (tertiary/aromatic N) is 1. The van der Waals surface area contributed by atoms with Crippen LogP contribution >= 0.6 is 7.82 Å². The minimum Gasteiger partial charge on any atom is -0.462 e. The zero-order valence-electron chi connectivity index (χ0n) is 36.1. The summed E-state index contributed by atoms with van der Waals surface area (Å²) in [6, 6.07) is -0.393. The highest BCUT2D eigenvalue weighted by molar-refractivity contribution is 7.46. The number of quaternary nitrogens is 1. The van der Waals surface area contributed by atoms with E-state index in [-0.39, 0.29) is 31.6 Å². The maximum absolute atomic E-state index is 12.9. The van der Waals surface area contributed by atoms with E-state index < -0.39 is 20.0 Å². The molecule has 0 aliphatic heterocycles. The minimum atomic E-state index is -4.67. The largest absolute Gasteiger partial charge is 0.469 e. The molecule has 0 fully saturated rings. The summed E-state index contributed by atoms with van der Waals surface area (Å²) in [6.45, 7) is 4.24. The Kier molecular flexibility index (Phi) is 35.7. The molecule has 0 radical (unpaired) electrons. The number of likely N-dealkylation sites (N-methyl/N-ethyl adjacent to an activating group) is 1. The van der Waals surface area contributed by atoms with Crippen LogP contribution in [-0.4, -0.2) is 72.7 Å². The van der Waals surface area contributed by atoms with Crippen molar-refractivity contribution in [2.24, 2.45) is 0 Å². The van der Waals surface area contributed by atoms with Gasteiger partial charge in [0.1, 0.15) is 25.4 Å². The molecule has 0 aromatic carbocycles. The van der Waals surface area contributed by atoms with Crippen LogP contribution in [0.4, 0.5) is 0 Å². The Balaban J connectivity index is 4.43. The fraction of sp³-hybridized carbons (Fsp3) is 0.955. The first-order valence-corrected chi connectivity index (χ1v) is 24.3. The summed E-state index contributed by atoms with van der Waals surface area (Å²) in [5.41, 5.74) is 0. The van der Waals surface area contributed by atoms with E-state index in [1.54, 1.807) is 0 Å². The van der Waals surface area contributed by atoms with Crippen LogP contribution in [-0.2, 0) is 28.2 Å². The third-order valence-corrected chi connectivity index (χ3v) is 11.2. The second-order valence-electron chi connectivity index (χ2n) is 17.0. The van der Waals surface area contributed by atoms with Crippen molar-refractivity contribution in [2.75, 3.05) is 34.4 Å². The quantitative estimate of drug-likeness (QED) is 0.0272. The van der Waals surface area contributed by atoms with Gasteiger partial charge in [-0.25, -0.2) is 4.57 Å². The number of hydrogen-bond donors (Lipinski definition) is 2. The maximum atomic E-state index is 12.9. The normalized spacial score (nSPS) is 13.2. The number of esters is 2. The molecule has 0 aliphatic carbocycles. The number of rotatable bonds is 41. The lowest BCUT2D eigenvalue weighted by Gasteiger charge is -2.35. The second kappa shape index (κ2) is 36.4. The van der Waals surface area contributed by atoms with Crippen LogP contribution < -0.4 is 0 Å². The molecule has 9 nitrogen and oxygen atoms in total. The van der Waals surface area contributed by atoms with Crippen molar-refractivity contribution in [1.82, 2.24) is 0 Å². The summed E-state index contributed by atoms with van der Waals surface area (Å²) in [4.78, 5) is 44.1. The third-order valence-electron chi connectivity index (χ3n) is 10.8. The third kappa shape index (κ3) is 37.9. The molecule has 0 heterocycles. The molecule has 322 valence electrons. The van der Waals surface area contributed by atoms with Crippen molar-refractivity contribution in [2.45, 2.75) is 238 Å². The van der Waals surface area contributed by atoms with Gasteiger partial charge < -0.3 is 23.7 Å². The lowest BCUT2D eigenvalue weighted by Crippen LogP contribution is -2.50.